The van der Waals surface area contributed by atoms with Gasteiger partial charge in [-0.3, -0.25) is 24.3 Å². The van der Waals surface area contributed by atoms with Crippen LogP contribution in [0.2, 0.25) is 0 Å². The number of ether oxygens (including phenoxy) is 1. The molecule has 0 aromatic carbocycles. The van der Waals surface area contributed by atoms with E-state index in [-0.39, 0.29) is 16.6 Å². The van der Waals surface area contributed by atoms with Crippen LogP contribution in [0.3, 0.4) is 0 Å². The Labute approximate surface area is 167 Å². The van der Waals surface area contributed by atoms with Crippen LogP contribution in [-0.4, -0.2) is 64.7 Å². The number of rotatable bonds is 5. The lowest BCUT2D eigenvalue weighted by atomic mass is 10.2. The first kappa shape index (κ1) is 19.3. The van der Waals surface area contributed by atoms with Crippen LogP contribution in [0.5, 0.6) is 0 Å². The predicted molar refractivity (Wildman–Crippen MR) is 108 cm³/mol. The number of morpholine rings is 1. The summed E-state index contributed by atoms with van der Waals surface area (Å²) >= 11 is 0. The van der Waals surface area contributed by atoms with E-state index in [0.717, 1.165) is 39.3 Å². The molecule has 0 radical (unpaired) electrons. The third kappa shape index (κ3) is 3.66. The van der Waals surface area contributed by atoms with Gasteiger partial charge in [-0.2, -0.15) is 0 Å². The first-order valence-electron chi connectivity index (χ1n) is 9.72. The lowest BCUT2D eigenvalue weighted by Crippen LogP contribution is -2.38. The molecule has 29 heavy (non-hydrogen) atoms. The molecule has 9 nitrogen and oxygen atoms in total. The molecule has 1 aliphatic rings. The number of pyridine rings is 2. The molecule has 3 aromatic rings. The normalized spacial score (nSPS) is 15.1. The summed E-state index contributed by atoms with van der Waals surface area (Å²) in [4.78, 5) is 32.3. The average Bonchev–Trinajstić information content (AvgIpc) is 2.75. The molecular formula is C20H24N6O3. The maximum Gasteiger partial charge on any atom is 0.267 e. The third-order valence-electron chi connectivity index (χ3n) is 5.25. The molecule has 9 heteroatoms. The summed E-state index contributed by atoms with van der Waals surface area (Å²) in [6, 6.07) is 6.81. The van der Waals surface area contributed by atoms with Gasteiger partial charge in [0.15, 0.2) is 0 Å². The highest BCUT2D eigenvalue weighted by Gasteiger charge is 2.17. The van der Waals surface area contributed by atoms with E-state index in [2.05, 4.69) is 15.2 Å². The van der Waals surface area contributed by atoms with Crippen molar-refractivity contribution in [2.45, 2.75) is 13.0 Å². The number of nitrogens with zero attached hydrogens (tertiary/aromatic N) is 4. The second-order valence-corrected chi connectivity index (χ2v) is 7.03. The van der Waals surface area contributed by atoms with E-state index in [1.807, 2.05) is 6.07 Å². The molecule has 0 saturated carbocycles. The van der Waals surface area contributed by atoms with E-state index in [0.29, 0.717) is 23.2 Å². The maximum absolute atomic E-state index is 13.0. The molecule has 3 aromatic heterocycles. The van der Waals surface area contributed by atoms with Crippen LogP contribution >= 0.6 is 0 Å². The third-order valence-corrected chi connectivity index (χ3v) is 5.25. The number of carbonyl (C=O) groups is 1. The quantitative estimate of drug-likeness (QED) is 0.600. The van der Waals surface area contributed by atoms with Gasteiger partial charge in [0.05, 0.1) is 24.2 Å². The number of fused-ring (bicyclic) bond motifs is 2. The summed E-state index contributed by atoms with van der Waals surface area (Å²) in [7, 11) is 1.51. The first-order chi connectivity index (χ1) is 14.1. The Kier molecular flexibility index (Phi) is 5.41. The number of nitrogens with one attached hydrogen (secondary N) is 2. The number of aromatic nitrogens is 3. The molecule has 0 bridgehead atoms. The second kappa shape index (κ2) is 8.14. The minimum Gasteiger partial charge on any atom is -0.379 e. The minimum absolute atomic E-state index is 0.0611. The van der Waals surface area contributed by atoms with Crippen LogP contribution in [0.25, 0.3) is 16.7 Å². The van der Waals surface area contributed by atoms with Crippen molar-refractivity contribution in [3.8, 4) is 0 Å². The van der Waals surface area contributed by atoms with Crippen molar-refractivity contribution < 1.29 is 9.53 Å². The van der Waals surface area contributed by atoms with Crippen molar-refractivity contribution in [2.75, 3.05) is 39.9 Å². The van der Waals surface area contributed by atoms with Crippen LogP contribution in [0.4, 0.5) is 0 Å². The lowest BCUT2D eigenvalue weighted by molar-refractivity contribution is 0.0369. The number of hydrogen-bond acceptors (Lipinski definition) is 6. The Bertz CT molecular complexity index is 1180. The molecule has 0 unspecified atom stereocenters. The molecule has 0 spiro atoms. The van der Waals surface area contributed by atoms with Crippen molar-refractivity contribution in [1.29, 1.82) is 5.41 Å². The Morgan fingerprint density at radius 3 is 2.83 bits per heavy atom. The zero-order chi connectivity index (χ0) is 20.4. The lowest BCUT2D eigenvalue weighted by Gasteiger charge is -2.26. The fraction of sp³-hybridized carbons (Fsp3) is 0.400. The highest BCUT2D eigenvalue weighted by atomic mass is 16.5. The second-order valence-electron chi connectivity index (χ2n) is 7.03. The van der Waals surface area contributed by atoms with Crippen LogP contribution in [0.15, 0.2) is 35.3 Å². The maximum atomic E-state index is 13.0. The number of amides is 1. The van der Waals surface area contributed by atoms with Gasteiger partial charge in [-0.05, 0) is 24.6 Å². The van der Waals surface area contributed by atoms with Crippen LogP contribution in [0, 0.1) is 5.41 Å². The van der Waals surface area contributed by atoms with Gasteiger partial charge in [-0.1, -0.05) is 6.07 Å². The summed E-state index contributed by atoms with van der Waals surface area (Å²) in [6.45, 7) is 4.59. The molecule has 4 heterocycles. The summed E-state index contributed by atoms with van der Waals surface area (Å²) in [5.41, 5.74) is 0.921. The predicted octanol–water partition coefficient (Wildman–Crippen LogP) is 0.211. The van der Waals surface area contributed by atoms with Crippen molar-refractivity contribution in [3.05, 3.63) is 51.9 Å². The molecular weight excluding hydrogens is 372 g/mol. The molecule has 1 saturated heterocycles. The van der Waals surface area contributed by atoms with E-state index in [4.69, 9.17) is 10.1 Å². The molecule has 1 fully saturated rings. The Morgan fingerprint density at radius 2 is 2.07 bits per heavy atom. The van der Waals surface area contributed by atoms with Gasteiger partial charge in [-0.15, -0.1) is 0 Å². The van der Waals surface area contributed by atoms with Crippen LogP contribution < -0.4 is 16.4 Å². The van der Waals surface area contributed by atoms with Crippen molar-refractivity contribution in [1.82, 2.24) is 24.2 Å². The molecule has 152 valence electrons. The Hall–Kier alpha value is -3.04. The SMILES string of the molecule is CNC(=O)c1cc2c(=O)n3ccccc3nc2n(CCCN2CCOCC2)c1=N. The van der Waals surface area contributed by atoms with Crippen LogP contribution in [-0.2, 0) is 11.3 Å². The molecule has 1 aliphatic heterocycles. The van der Waals surface area contributed by atoms with Gasteiger partial charge in [0.1, 0.15) is 16.8 Å². The minimum atomic E-state index is -0.392. The number of hydrogen-bond donors (Lipinski definition) is 2. The number of aryl methyl sites for hydroxylation is 1. The zero-order valence-corrected chi connectivity index (χ0v) is 16.4. The van der Waals surface area contributed by atoms with E-state index < -0.39 is 5.91 Å². The monoisotopic (exact) mass is 396 g/mol. The molecule has 4 rings (SSSR count). The van der Waals surface area contributed by atoms with E-state index >= 15 is 0 Å². The first-order valence-corrected chi connectivity index (χ1v) is 9.72. The fourth-order valence-electron chi connectivity index (χ4n) is 3.69. The van der Waals surface area contributed by atoms with Gasteiger partial charge < -0.3 is 14.6 Å². The summed E-state index contributed by atoms with van der Waals surface area (Å²) < 4.78 is 8.51. The highest BCUT2D eigenvalue weighted by molar-refractivity contribution is 5.96. The van der Waals surface area contributed by atoms with E-state index in [1.54, 1.807) is 22.9 Å². The molecule has 1 amide bonds. The topological polar surface area (TPSA) is 105 Å². The van der Waals surface area contributed by atoms with Gasteiger partial charge in [-0.25, -0.2) is 4.98 Å². The molecule has 0 atom stereocenters. The number of carbonyl (C=O) groups excluding carboxylic acids is 1. The van der Waals surface area contributed by atoms with Crippen molar-refractivity contribution >= 4 is 22.6 Å². The Balaban J connectivity index is 1.81. The summed E-state index contributed by atoms with van der Waals surface area (Å²) in [5.74, 6) is -0.392. The van der Waals surface area contributed by atoms with Gasteiger partial charge in [0, 0.05) is 39.4 Å². The van der Waals surface area contributed by atoms with Crippen LogP contribution in [0.1, 0.15) is 16.8 Å². The molecule has 2 N–H and O–H groups in total. The standard InChI is InChI=1S/C20H24N6O3/c1-22-19(27)14-13-15-18(23-16-5-2-3-7-25(16)20(15)28)26(17(14)21)8-4-6-24-9-11-29-12-10-24/h2-3,5,7,13,21H,4,6,8-12H2,1H3,(H,22,27). The summed E-state index contributed by atoms with van der Waals surface area (Å²) in [5, 5.41) is 11.5. The van der Waals surface area contributed by atoms with Crippen molar-refractivity contribution in [3.63, 3.8) is 0 Å². The van der Waals surface area contributed by atoms with Gasteiger partial charge in [0.2, 0.25) is 0 Å². The van der Waals surface area contributed by atoms with Gasteiger partial charge >= 0.3 is 0 Å². The van der Waals surface area contributed by atoms with Gasteiger partial charge in [0.25, 0.3) is 11.5 Å². The zero-order valence-electron chi connectivity index (χ0n) is 16.4. The van der Waals surface area contributed by atoms with E-state index in [1.165, 1.54) is 17.5 Å². The smallest absolute Gasteiger partial charge is 0.267 e. The molecule has 0 aliphatic carbocycles. The average molecular weight is 396 g/mol. The Morgan fingerprint density at radius 1 is 1.28 bits per heavy atom. The van der Waals surface area contributed by atoms with E-state index in [9.17, 15) is 9.59 Å². The highest BCUT2D eigenvalue weighted by Crippen LogP contribution is 2.11. The summed E-state index contributed by atoms with van der Waals surface area (Å²) in [6.07, 6.45) is 2.43. The van der Waals surface area contributed by atoms with Crippen molar-refractivity contribution in [2.24, 2.45) is 0 Å². The largest absolute Gasteiger partial charge is 0.379 e. The fourth-order valence-corrected chi connectivity index (χ4v) is 3.69.